The number of amides is 1. The maximum atomic E-state index is 12.4. The highest BCUT2D eigenvalue weighted by molar-refractivity contribution is 5.92. The zero-order chi connectivity index (χ0) is 25.3. The molecule has 1 aliphatic heterocycles. The van der Waals surface area contributed by atoms with Gasteiger partial charge in [-0.05, 0) is 72.5 Å². The van der Waals surface area contributed by atoms with Crippen LogP contribution in [0, 0.1) is 0 Å². The number of ether oxygens (including phenoxy) is 2. The number of rotatable bonds is 9. The summed E-state index contributed by atoms with van der Waals surface area (Å²) in [6.07, 6.45) is 2.43. The first-order valence-electron chi connectivity index (χ1n) is 12.2. The van der Waals surface area contributed by atoms with Gasteiger partial charge in [-0.1, -0.05) is 24.3 Å². The van der Waals surface area contributed by atoms with Crippen LogP contribution in [0.3, 0.4) is 0 Å². The fourth-order valence-electron chi connectivity index (χ4n) is 4.37. The molecule has 7 nitrogen and oxygen atoms in total. The molecule has 4 rings (SSSR count). The average molecular weight is 488 g/mol. The van der Waals surface area contributed by atoms with Crippen LogP contribution in [0.4, 0.5) is 11.4 Å². The molecule has 2 N–H and O–H groups in total. The lowest BCUT2D eigenvalue weighted by atomic mass is 10.0. The van der Waals surface area contributed by atoms with Gasteiger partial charge in [0.25, 0.3) is 0 Å². The molecule has 3 aromatic carbocycles. The van der Waals surface area contributed by atoms with Gasteiger partial charge in [0.15, 0.2) is 0 Å². The number of hydrogen-bond donors (Lipinski definition) is 2. The van der Waals surface area contributed by atoms with E-state index in [1.807, 2.05) is 48.5 Å². The van der Waals surface area contributed by atoms with Gasteiger partial charge in [-0.15, -0.1) is 0 Å². The molecular formula is C29H33N3O4. The maximum Gasteiger partial charge on any atom is 0.337 e. The number of benzene rings is 3. The van der Waals surface area contributed by atoms with Crippen LogP contribution in [0.2, 0.25) is 0 Å². The Labute approximate surface area is 212 Å². The number of nitrogens with zero attached hydrogens (tertiary/aromatic N) is 1. The van der Waals surface area contributed by atoms with E-state index in [-0.39, 0.29) is 11.9 Å². The predicted molar refractivity (Wildman–Crippen MR) is 142 cm³/mol. The first kappa shape index (κ1) is 25.3. The lowest BCUT2D eigenvalue weighted by Crippen LogP contribution is -2.42. The second-order valence-corrected chi connectivity index (χ2v) is 8.95. The van der Waals surface area contributed by atoms with Gasteiger partial charge in [0.1, 0.15) is 5.75 Å². The summed E-state index contributed by atoms with van der Waals surface area (Å²) in [7, 11) is 3.02. The molecule has 0 aromatic heterocycles. The summed E-state index contributed by atoms with van der Waals surface area (Å²) >= 11 is 0. The molecule has 0 aliphatic carbocycles. The van der Waals surface area contributed by atoms with E-state index in [2.05, 4.69) is 27.7 Å². The maximum absolute atomic E-state index is 12.4. The highest BCUT2D eigenvalue weighted by Crippen LogP contribution is 2.23. The summed E-state index contributed by atoms with van der Waals surface area (Å²) in [5, 5.41) is 6.61. The third kappa shape index (κ3) is 6.86. The number of methoxy groups -OCH3 is 2. The Bertz CT molecular complexity index is 1140. The molecule has 0 saturated carbocycles. The fourth-order valence-corrected chi connectivity index (χ4v) is 4.37. The first-order valence-corrected chi connectivity index (χ1v) is 12.2. The number of nitrogens with one attached hydrogen (secondary N) is 2. The quantitative estimate of drug-likeness (QED) is 0.435. The molecule has 0 radical (unpaired) electrons. The van der Waals surface area contributed by atoms with Crippen molar-refractivity contribution < 1.29 is 19.1 Å². The molecule has 0 spiro atoms. The highest BCUT2D eigenvalue weighted by atomic mass is 16.5. The minimum Gasteiger partial charge on any atom is -0.497 e. The van der Waals surface area contributed by atoms with Crippen LogP contribution >= 0.6 is 0 Å². The molecule has 1 heterocycles. The van der Waals surface area contributed by atoms with Gasteiger partial charge in [-0.3, -0.25) is 4.79 Å². The van der Waals surface area contributed by atoms with E-state index in [1.54, 1.807) is 19.2 Å². The highest BCUT2D eigenvalue weighted by Gasteiger charge is 2.19. The van der Waals surface area contributed by atoms with Crippen LogP contribution in [0.1, 0.15) is 34.3 Å². The lowest BCUT2D eigenvalue weighted by Gasteiger charge is -2.34. The Morgan fingerprint density at radius 2 is 1.50 bits per heavy atom. The standard InChI is InChI=1S/C29H33N3O4/c1-35-27-13-5-21(6-14-27)19-28(33)31-25-9-11-26(12-10-25)32-17-15-24(16-18-32)30-20-22-3-7-23(8-4-22)29(34)36-2/h3-14,24,30H,15-20H2,1-2H3,(H,31,33). The molecule has 0 atom stereocenters. The van der Waals surface area contributed by atoms with Gasteiger partial charge in [0.05, 0.1) is 26.2 Å². The van der Waals surface area contributed by atoms with Crippen molar-refractivity contribution in [1.29, 1.82) is 0 Å². The Balaban J connectivity index is 1.20. The molecule has 1 amide bonds. The number of carbonyl (C=O) groups excluding carboxylic acids is 2. The van der Waals surface area contributed by atoms with E-state index in [1.165, 1.54) is 12.8 Å². The normalized spacial score (nSPS) is 13.8. The van der Waals surface area contributed by atoms with Crippen LogP contribution in [0.25, 0.3) is 0 Å². The van der Waals surface area contributed by atoms with Crippen LogP contribution in [0.5, 0.6) is 5.75 Å². The molecule has 188 valence electrons. The van der Waals surface area contributed by atoms with E-state index in [0.29, 0.717) is 18.0 Å². The second kappa shape index (κ2) is 12.2. The molecule has 36 heavy (non-hydrogen) atoms. The summed E-state index contributed by atoms with van der Waals surface area (Å²) in [5.41, 5.74) is 4.62. The van der Waals surface area contributed by atoms with Crippen LogP contribution in [0.15, 0.2) is 72.8 Å². The topological polar surface area (TPSA) is 79.9 Å². The minimum atomic E-state index is -0.314. The summed E-state index contributed by atoms with van der Waals surface area (Å²) in [5.74, 6) is 0.423. The Morgan fingerprint density at radius 3 is 2.11 bits per heavy atom. The number of hydrogen-bond acceptors (Lipinski definition) is 6. The van der Waals surface area contributed by atoms with Gasteiger partial charge >= 0.3 is 5.97 Å². The van der Waals surface area contributed by atoms with Crippen molar-refractivity contribution in [2.75, 3.05) is 37.5 Å². The van der Waals surface area contributed by atoms with Gasteiger partial charge in [0.2, 0.25) is 5.91 Å². The molecule has 1 saturated heterocycles. The molecule has 3 aromatic rings. The zero-order valence-electron chi connectivity index (χ0n) is 20.8. The van der Waals surface area contributed by atoms with E-state index in [4.69, 9.17) is 9.47 Å². The lowest BCUT2D eigenvalue weighted by molar-refractivity contribution is -0.115. The smallest absolute Gasteiger partial charge is 0.337 e. The minimum absolute atomic E-state index is 0.0419. The van der Waals surface area contributed by atoms with Crippen LogP contribution in [-0.2, 0) is 22.5 Å². The molecule has 7 heteroatoms. The fraction of sp³-hybridized carbons (Fsp3) is 0.310. The third-order valence-electron chi connectivity index (χ3n) is 6.50. The molecule has 0 bridgehead atoms. The Kier molecular flexibility index (Phi) is 8.57. The van der Waals surface area contributed by atoms with Gasteiger partial charge < -0.3 is 25.0 Å². The predicted octanol–water partition coefficient (Wildman–Crippen LogP) is 4.42. The van der Waals surface area contributed by atoms with Crippen molar-refractivity contribution in [3.05, 3.63) is 89.5 Å². The number of carbonyl (C=O) groups is 2. The monoisotopic (exact) mass is 487 g/mol. The van der Waals surface area contributed by atoms with E-state index < -0.39 is 0 Å². The number of anilines is 2. The Morgan fingerprint density at radius 1 is 0.861 bits per heavy atom. The van der Waals surface area contributed by atoms with Gasteiger partial charge in [-0.2, -0.15) is 0 Å². The van der Waals surface area contributed by atoms with E-state index in [9.17, 15) is 9.59 Å². The summed E-state index contributed by atoms with van der Waals surface area (Å²) in [6, 6.07) is 23.6. The van der Waals surface area contributed by atoms with Crippen molar-refractivity contribution in [1.82, 2.24) is 5.32 Å². The Hall–Kier alpha value is -3.84. The SMILES string of the molecule is COC(=O)c1ccc(CNC2CCN(c3ccc(NC(=O)Cc4ccc(OC)cc4)cc3)CC2)cc1. The number of esters is 1. The van der Waals surface area contributed by atoms with Crippen molar-refractivity contribution in [2.45, 2.75) is 31.8 Å². The largest absolute Gasteiger partial charge is 0.497 e. The van der Waals surface area contributed by atoms with Crippen molar-refractivity contribution in [3.63, 3.8) is 0 Å². The molecular weight excluding hydrogens is 454 g/mol. The van der Waals surface area contributed by atoms with Gasteiger partial charge in [-0.25, -0.2) is 4.79 Å². The average Bonchev–Trinajstić information content (AvgIpc) is 2.93. The molecule has 1 aliphatic rings. The summed E-state index contributed by atoms with van der Waals surface area (Å²) < 4.78 is 9.91. The van der Waals surface area contributed by atoms with Crippen molar-refractivity contribution in [2.24, 2.45) is 0 Å². The number of piperidine rings is 1. The van der Waals surface area contributed by atoms with Crippen LogP contribution in [-0.4, -0.2) is 45.2 Å². The van der Waals surface area contributed by atoms with Gasteiger partial charge in [0, 0.05) is 37.1 Å². The zero-order valence-corrected chi connectivity index (χ0v) is 20.8. The summed E-state index contributed by atoms with van der Waals surface area (Å²) in [4.78, 5) is 26.3. The van der Waals surface area contributed by atoms with E-state index >= 15 is 0 Å². The molecule has 1 fully saturated rings. The third-order valence-corrected chi connectivity index (χ3v) is 6.50. The first-order chi connectivity index (χ1) is 17.5. The summed E-state index contributed by atoms with van der Waals surface area (Å²) in [6.45, 7) is 2.72. The molecule has 0 unspecified atom stereocenters. The van der Waals surface area contributed by atoms with Crippen LogP contribution < -0.4 is 20.3 Å². The van der Waals surface area contributed by atoms with E-state index in [0.717, 1.165) is 55.0 Å². The van der Waals surface area contributed by atoms with Crippen molar-refractivity contribution in [3.8, 4) is 5.75 Å². The second-order valence-electron chi connectivity index (χ2n) is 8.95. The van der Waals surface area contributed by atoms with Crippen molar-refractivity contribution >= 4 is 23.3 Å².